The van der Waals surface area contributed by atoms with Crippen molar-refractivity contribution in [2.75, 3.05) is 52.8 Å². The molecular formula is C25H31ClN8O. The molecule has 0 atom stereocenters. The molecule has 35 heavy (non-hydrogen) atoms. The molecule has 0 amide bonds. The molecule has 10 heteroatoms. The van der Waals surface area contributed by atoms with E-state index in [0.29, 0.717) is 27.3 Å². The summed E-state index contributed by atoms with van der Waals surface area (Å²) in [5, 5.41) is 16.7. The highest BCUT2D eigenvalue weighted by Crippen LogP contribution is 2.43. The molecule has 4 rings (SSSR count). The summed E-state index contributed by atoms with van der Waals surface area (Å²) >= 11 is 6.26. The van der Waals surface area contributed by atoms with E-state index >= 15 is 0 Å². The Balaban J connectivity index is 2.00. The molecule has 0 fully saturated rings. The Morgan fingerprint density at radius 2 is 1.49 bits per heavy atom. The van der Waals surface area contributed by atoms with Crippen LogP contribution in [0.25, 0.3) is 21.9 Å². The van der Waals surface area contributed by atoms with Crippen LogP contribution in [0.2, 0.25) is 5.02 Å². The molecular weight excluding hydrogens is 464 g/mol. The number of pyridine rings is 1. The molecule has 4 aromatic rings. The maximum atomic E-state index is 11.2. The van der Waals surface area contributed by atoms with Crippen LogP contribution in [-0.2, 0) is 0 Å². The van der Waals surface area contributed by atoms with E-state index in [9.17, 15) is 5.11 Å². The van der Waals surface area contributed by atoms with Crippen molar-refractivity contribution in [3.05, 3.63) is 35.4 Å². The molecule has 9 nitrogen and oxygen atoms in total. The van der Waals surface area contributed by atoms with Crippen molar-refractivity contribution in [1.82, 2.24) is 15.0 Å². The number of fused-ring (bicyclic) bond motifs is 2. The van der Waals surface area contributed by atoms with Gasteiger partial charge in [0.1, 0.15) is 5.82 Å². The summed E-state index contributed by atoms with van der Waals surface area (Å²) in [6.45, 7) is 11.3. The number of aromatic hydroxyl groups is 1. The lowest BCUT2D eigenvalue weighted by Crippen LogP contribution is -2.25. The summed E-state index contributed by atoms with van der Waals surface area (Å²) in [5.41, 5.74) is 16.2. The van der Waals surface area contributed by atoms with Crippen LogP contribution in [0.5, 0.6) is 5.75 Å². The number of hydrogen-bond acceptors (Lipinski definition) is 9. The molecule has 184 valence electrons. The van der Waals surface area contributed by atoms with Crippen LogP contribution in [0.3, 0.4) is 0 Å². The molecule has 6 N–H and O–H groups in total. The van der Waals surface area contributed by atoms with Crippen LogP contribution in [0.4, 0.5) is 34.5 Å². The van der Waals surface area contributed by atoms with Crippen LogP contribution >= 0.6 is 11.6 Å². The molecule has 0 aliphatic carbocycles. The molecule has 0 aliphatic heterocycles. The highest BCUT2D eigenvalue weighted by molar-refractivity contribution is 6.31. The molecule has 0 radical (unpaired) electrons. The number of anilines is 6. The molecule has 0 saturated heterocycles. The van der Waals surface area contributed by atoms with E-state index in [1.54, 1.807) is 12.1 Å². The highest BCUT2D eigenvalue weighted by atomic mass is 35.5. The summed E-state index contributed by atoms with van der Waals surface area (Å²) in [6, 6.07) is 9.35. The van der Waals surface area contributed by atoms with Crippen molar-refractivity contribution in [3.63, 3.8) is 0 Å². The second kappa shape index (κ2) is 9.87. The third-order valence-electron chi connectivity index (χ3n) is 6.19. The SMILES string of the molecule is CCN(CC)c1cc(Nc2c3ccc(Cl)cc3nc3nc(N)nc(N)c23)cc(N(CC)CC)c1O. The van der Waals surface area contributed by atoms with E-state index in [-0.39, 0.29) is 17.5 Å². The number of aromatic nitrogens is 3. The average molecular weight is 495 g/mol. The van der Waals surface area contributed by atoms with Crippen molar-refractivity contribution >= 4 is 68.1 Å². The zero-order valence-corrected chi connectivity index (χ0v) is 21.2. The zero-order valence-electron chi connectivity index (χ0n) is 20.4. The number of nitrogens with zero attached hydrogens (tertiary/aromatic N) is 5. The van der Waals surface area contributed by atoms with Gasteiger partial charge in [-0.15, -0.1) is 0 Å². The van der Waals surface area contributed by atoms with Gasteiger partial charge in [0, 0.05) is 42.3 Å². The number of halogens is 1. The Hall–Kier alpha value is -3.72. The lowest BCUT2D eigenvalue weighted by atomic mass is 10.1. The van der Waals surface area contributed by atoms with E-state index in [1.165, 1.54) is 0 Å². The first-order valence-electron chi connectivity index (χ1n) is 11.8. The Morgan fingerprint density at radius 1 is 0.886 bits per heavy atom. The third kappa shape index (κ3) is 4.51. The van der Waals surface area contributed by atoms with E-state index in [0.717, 1.165) is 48.6 Å². The zero-order chi connectivity index (χ0) is 25.3. The van der Waals surface area contributed by atoms with E-state index in [2.05, 4.69) is 57.8 Å². The van der Waals surface area contributed by atoms with Gasteiger partial charge in [0.25, 0.3) is 0 Å². The summed E-state index contributed by atoms with van der Waals surface area (Å²) in [5.74, 6) is 0.535. The van der Waals surface area contributed by atoms with E-state index in [4.69, 9.17) is 23.1 Å². The predicted molar refractivity (Wildman–Crippen MR) is 147 cm³/mol. The van der Waals surface area contributed by atoms with Crippen molar-refractivity contribution in [2.24, 2.45) is 0 Å². The predicted octanol–water partition coefficient (Wildman–Crippen LogP) is 5.14. The van der Waals surface area contributed by atoms with Crippen LogP contribution in [0.1, 0.15) is 27.7 Å². The molecule has 0 spiro atoms. The minimum absolute atomic E-state index is 0.0482. The number of nitrogens with two attached hydrogens (primary N) is 2. The number of nitrogen functional groups attached to an aromatic ring is 2. The smallest absolute Gasteiger partial charge is 0.224 e. The van der Waals surface area contributed by atoms with Gasteiger partial charge in [0.05, 0.1) is 28.0 Å². The van der Waals surface area contributed by atoms with Crippen molar-refractivity contribution in [2.45, 2.75) is 27.7 Å². The summed E-state index contributed by atoms with van der Waals surface area (Å²) in [4.78, 5) is 17.4. The Morgan fingerprint density at radius 3 is 2.06 bits per heavy atom. The van der Waals surface area contributed by atoms with Gasteiger partial charge in [0.2, 0.25) is 5.95 Å². The highest BCUT2D eigenvalue weighted by Gasteiger charge is 2.20. The van der Waals surface area contributed by atoms with Gasteiger partial charge in [-0.05, 0) is 58.0 Å². The van der Waals surface area contributed by atoms with Crippen LogP contribution < -0.4 is 26.6 Å². The third-order valence-corrected chi connectivity index (χ3v) is 6.42. The number of phenolic OH excluding ortho intramolecular Hbond substituents is 1. The average Bonchev–Trinajstić information content (AvgIpc) is 2.82. The maximum absolute atomic E-state index is 11.2. The second-order valence-electron chi connectivity index (χ2n) is 8.15. The maximum Gasteiger partial charge on any atom is 0.224 e. The second-order valence-corrected chi connectivity index (χ2v) is 8.58. The number of phenols is 1. The Labute approximate surface area is 209 Å². The summed E-state index contributed by atoms with van der Waals surface area (Å²) in [7, 11) is 0. The molecule has 2 aromatic heterocycles. The fourth-order valence-corrected chi connectivity index (χ4v) is 4.59. The van der Waals surface area contributed by atoms with Crippen molar-refractivity contribution in [3.8, 4) is 5.75 Å². The normalized spacial score (nSPS) is 11.2. The first-order chi connectivity index (χ1) is 16.8. The van der Waals surface area contributed by atoms with Gasteiger partial charge in [-0.25, -0.2) is 4.98 Å². The van der Waals surface area contributed by atoms with Gasteiger partial charge in [0.15, 0.2) is 11.4 Å². The number of rotatable bonds is 8. The minimum atomic E-state index is 0.0482. The van der Waals surface area contributed by atoms with Crippen molar-refractivity contribution in [1.29, 1.82) is 0 Å². The van der Waals surface area contributed by atoms with Gasteiger partial charge >= 0.3 is 0 Å². The number of nitrogens with one attached hydrogen (secondary N) is 1. The summed E-state index contributed by atoms with van der Waals surface area (Å²) < 4.78 is 0. The number of hydrogen-bond donors (Lipinski definition) is 4. The topological polar surface area (TPSA) is 129 Å². The lowest BCUT2D eigenvalue weighted by molar-refractivity contribution is 0.473. The van der Waals surface area contributed by atoms with Gasteiger partial charge in [-0.2, -0.15) is 9.97 Å². The van der Waals surface area contributed by atoms with E-state index in [1.807, 2.05) is 18.2 Å². The minimum Gasteiger partial charge on any atom is -0.504 e. The molecule has 2 heterocycles. The lowest BCUT2D eigenvalue weighted by Gasteiger charge is -2.29. The van der Waals surface area contributed by atoms with Gasteiger partial charge < -0.3 is 31.7 Å². The largest absolute Gasteiger partial charge is 0.504 e. The number of benzene rings is 2. The van der Waals surface area contributed by atoms with E-state index < -0.39 is 0 Å². The molecule has 2 aromatic carbocycles. The fraction of sp³-hybridized carbons (Fsp3) is 0.320. The Kier molecular flexibility index (Phi) is 6.88. The molecule has 0 bridgehead atoms. The van der Waals surface area contributed by atoms with Crippen LogP contribution in [-0.4, -0.2) is 46.2 Å². The molecule has 0 saturated carbocycles. The van der Waals surface area contributed by atoms with Crippen LogP contribution in [0, 0.1) is 0 Å². The molecule has 0 unspecified atom stereocenters. The van der Waals surface area contributed by atoms with Crippen molar-refractivity contribution < 1.29 is 5.11 Å². The van der Waals surface area contributed by atoms with Gasteiger partial charge in [-0.1, -0.05) is 11.6 Å². The molecule has 0 aliphatic rings. The monoisotopic (exact) mass is 494 g/mol. The first kappa shape index (κ1) is 24.4. The standard InChI is InChI=1S/C25H31ClN8O/c1-5-33(6-2)18-12-15(13-19(22(18)35)34(7-3)8-4)29-21-16-10-9-14(26)11-17(16)30-24-20(21)23(27)31-25(28)32-24/h9-13,35H,5-8H2,1-4H3,(H5,27,28,29,30,31,32). The Bertz CT molecular complexity index is 1350. The fourth-order valence-electron chi connectivity index (χ4n) is 4.42. The first-order valence-corrected chi connectivity index (χ1v) is 12.1. The van der Waals surface area contributed by atoms with Gasteiger partial charge in [-0.3, -0.25) is 0 Å². The summed E-state index contributed by atoms with van der Waals surface area (Å²) in [6.07, 6.45) is 0. The van der Waals surface area contributed by atoms with Crippen LogP contribution in [0.15, 0.2) is 30.3 Å². The quantitative estimate of drug-likeness (QED) is 0.194.